The molecule has 1 aromatic rings. The molecule has 3 rings (SSSR count). The van der Waals surface area contributed by atoms with Gasteiger partial charge in [-0.25, -0.2) is 18.8 Å². The molecule has 2 aliphatic rings. The van der Waals surface area contributed by atoms with Gasteiger partial charge in [-0.05, 0) is 51.8 Å². The predicted molar refractivity (Wildman–Crippen MR) is 189 cm³/mol. The molecular formula is C33H44N2O13S3. The van der Waals surface area contributed by atoms with Crippen LogP contribution in [0, 0.1) is 0 Å². The van der Waals surface area contributed by atoms with Gasteiger partial charge in [0.05, 0.1) is 54.6 Å². The van der Waals surface area contributed by atoms with Crippen molar-refractivity contribution in [2.75, 3.05) is 60.0 Å². The van der Waals surface area contributed by atoms with E-state index in [1.54, 1.807) is 31.4 Å². The molecule has 0 radical (unpaired) electrons. The third kappa shape index (κ3) is 12.8. The van der Waals surface area contributed by atoms with E-state index < -0.39 is 74.1 Å². The van der Waals surface area contributed by atoms with E-state index in [0.29, 0.717) is 33.7 Å². The number of nitrogens with zero attached hydrogens (tertiary/aromatic N) is 1. The van der Waals surface area contributed by atoms with Gasteiger partial charge in [-0.15, -0.1) is 11.3 Å². The molecule has 15 nitrogen and oxygen atoms in total. The number of carbonyl (C=O) groups excluding carboxylic acids is 5. The van der Waals surface area contributed by atoms with Gasteiger partial charge in [-0.3, -0.25) is 14.4 Å². The number of allylic oxidation sites excluding steroid dienone is 3. The van der Waals surface area contributed by atoms with E-state index in [9.17, 15) is 33.3 Å². The monoisotopic (exact) mass is 772 g/mol. The van der Waals surface area contributed by atoms with Crippen molar-refractivity contribution in [3.8, 4) is 0 Å². The summed E-state index contributed by atoms with van der Waals surface area (Å²) in [5.74, 6) is -2.44. The molecule has 0 aromatic carbocycles. The molecule has 5 atom stereocenters. The highest BCUT2D eigenvalue weighted by atomic mass is 33.1. The first-order valence-electron chi connectivity index (χ1n) is 16.0. The molecule has 1 unspecified atom stereocenters. The maximum absolute atomic E-state index is 13.4. The molecular weight excluding hydrogens is 729 g/mol. The highest BCUT2D eigenvalue weighted by molar-refractivity contribution is 8.76. The topological polar surface area (TPSA) is 203 Å². The Morgan fingerprint density at radius 2 is 1.69 bits per heavy atom. The van der Waals surface area contributed by atoms with Crippen molar-refractivity contribution in [1.29, 1.82) is 0 Å². The molecule has 1 fully saturated rings. The lowest BCUT2D eigenvalue weighted by Gasteiger charge is -2.36. The summed E-state index contributed by atoms with van der Waals surface area (Å²) in [6.07, 6.45) is 5.73. The fraction of sp³-hybridized carbons (Fsp3) is 0.576. The Bertz CT molecular complexity index is 1510. The van der Waals surface area contributed by atoms with Crippen LogP contribution in [0.5, 0.6) is 0 Å². The van der Waals surface area contributed by atoms with Crippen LogP contribution >= 0.6 is 22.1 Å². The number of thiazole rings is 1. The Labute approximate surface area is 306 Å². The van der Waals surface area contributed by atoms with Crippen molar-refractivity contribution in [2.24, 2.45) is 0 Å². The molecule has 2 N–H and O–H groups in total. The number of fused-ring (bicyclic) bond motifs is 2. The third-order valence-electron chi connectivity index (χ3n) is 7.76. The van der Waals surface area contributed by atoms with Crippen molar-refractivity contribution >= 4 is 66.8 Å². The number of rotatable bonds is 14. The molecule has 3 heterocycles. The van der Waals surface area contributed by atoms with Gasteiger partial charge in [0.1, 0.15) is 35.2 Å². The third-order valence-corrected chi connectivity index (χ3v) is 12.8. The van der Waals surface area contributed by atoms with Crippen molar-refractivity contribution in [3.63, 3.8) is 0 Å². The Morgan fingerprint density at radius 1 is 1.02 bits per heavy atom. The number of ether oxygens (including phenoxy) is 6. The quantitative estimate of drug-likeness (QED) is 0.120. The largest absolute Gasteiger partial charge is 0.462 e. The average Bonchev–Trinajstić information content (AvgIpc) is 3.61. The Hall–Kier alpha value is -3.10. The SMILES string of the molecule is COCCOCC(=O)OCCOCCOCC(=O)O[C@@H]1/C=C(\C)CC[C@]2(CC(=O)N[C@@H](C)c3nc(cs3)/C=C\C=C\C1=O)S(=O)SC(=O)[C@]2(C)O. The van der Waals surface area contributed by atoms with E-state index in [0.717, 1.165) is 0 Å². The maximum Gasteiger partial charge on any atom is 0.333 e. The van der Waals surface area contributed by atoms with Crippen LogP contribution in [0.4, 0.5) is 0 Å². The lowest BCUT2D eigenvalue weighted by molar-refractivity contribution is -0.156. The zero-order chi connectivity index (χ0) is 37.4. The van der Waals surface area contributed by atoms with Crippen LogP contribution in [0.2, 0.25) is 0 Å². The molecule has 0 saturated carbocycles. The molecule has 0 aliphatic carbocycles. The molecule has 1 saturated heterocycles. The van der Waals surface area contributed by atoms with Crippen LogP contribution in [-0.4, -0.2) is 119 Å². The first kappa shape index (κ1) is 42.3. The number of methoxy groups -OCH3 is 1. The van der Waals surface area contributed by atoms with Crippen molar-refractivity contribution < 1.29 is 61.7 Å². The van der Waals surface area contributed by atoms with Crippen molar-refractivity contribution in [2.45, 2.75) is 62.5 Å². The van der Waals surface area contributed by atoms with E-state index in [4.69, 9.17) is 28.4 Å². The van der Waals surface area contributed by atoms with Crippen molar-refractivity contribution in [3.05, 3.63) is 46.0 Å². The zero-order valence-corrected chi connectivity index (χ0v) is 31.4. The number of nitrogens with one attached hydrogen (secondary N) is 1. The van der Waals surface area contributed by atoms with Gasteiger partial charge in [0, 0.05) is 29.7 Å². The first-order valence-corrected chi connectivity index (χ1v) is 19.4. The fourth-order valence-corrected chi connectivity index (χ4v) is 9.57. The number of amides is 1. The summed E-state index contributed by atoms with van der Waals surface area (Å²) < 4.78 is 42.7. The second kappa shape index (κ2) is 20.8. The maximum atomic E-state index is 13.4. The lowest BCUT2D eigenvalue weighted by atomic mass is 9.81. The van der Waals surface area contributed by atoms with Crippen LogP contribution in [-0.2, 0) is 62.2 Å². The molecule has 18 heteroatoms. The summed E-state index contributed by atoms with van der Waals surface area (Å²) in [4.78, 5) is 67.9. The summed E-state index contributed by atoms with van der Waals surface area (Å²) in [5, 5.41) is 15.8. The number of carbonyl (C=O) groups is 5. The summed E-state index contributed by atoms with van der Waals surface area (Å²) in [6.45, 7) is 4.83. The molecule has 1 amide bonds. The molecule has 2 aliphatic heterocycles. The van der Waals surface area contributed by atoms with Crippen LogP contribution < -0.4 is 5.32 Å². The number of hydrogen-bond donors (Lipinski definition) is 2. The van der Waals surface area contributed by atoms with Crippen LogP contribution in [0.1, 0.15) is 56.8 Å². The second-order valence-corrected chi connectivity index (χ2v) is 15.8. The van der Waals surface area contributed by atoms with Crippen LogP contribution in [0.3, 0.4) is 0 Å². The smallest absolute Gasteiger partial charge is 0.333 e. The molecule has 1 spiro atoms. The summed E-state index contributed by atoms with van der Waals surface area (Å²) in [6, 6.07) is -0.497. The normalized spacial score (nSPS) is 28.3. The minimum atomic E-state index is -2.08. The Kier molecular flexibility index (Phi) is 17.3. The van der Waals surface area contributed by atoms with Gasteiger partial charge in [-0.2, -0.15) is 0 Å². The standard InChI is InChI=1S/C33H44N2O13S3/c1-22-9-10-33(32(3,41)31(40)50-51(33)42)18-27(37)34-23(2)30-35-24(21-49-30)7-5-6-8-25(36)26(17-22)48-29(39)20-46-14-13-44-15-16-47-28(38)19-45-12-11-43-4/h5-8,17,21,23,26,41H,9-16,18-20H2,1-4H3,(H,34,37)/b7-5-,8-6+,22-17+/t23-,26+,32-,33+,51?/m0/s1. The summed E-state index contributed by atoms with van der Waals surface area (Å²) in [5.41, 5.74) is -0.975. The second-order valence-electron chi connectivity index (χ2n) is 11.7. The molecule has 2 bridgehead atoms. The van der Waals surface area contributed by atoms with Gasteiger partial charge < -0.3 is 38.8 Å². The highest BCUT2D eigenvalue weighted by Crippen LogP contribution is 2.50. The fourth-order valence-electron chi connectivity index (χ4n) is 4.83. The van der Waals surface area contributed by atoms with Gasteiger partial charge in [0.25, 0.3) is 0 Å². The van der Waals surface area contributed by atoms with E-state index in [1.165, 1.54) is 43.6 Å². The van der Waals surface area contributed by atoms with E-state index in [-0.39, 0.29) is 52.5 Å². The van der Waals surface area contributed by atoms with E-state index in [2.05, 4.69) is 10.3 Å². The van der Waals surface area contributed by atoms with Crippen LogP contribution in [0.25, 0.3) is 6.08 Å². The number of ketones is 1. The van der Waals surface area contributed by atoms with E-state index >= 15 is 0 Å². The summed E-state index contributed by atoms with van der Waals surface area (Å²) in [7, 11) is 0.0482. The Balaban J connectivity index is 1.65. The number of aromatic nitrogens is 1. The molecule has 1 aromatic heterocycles. The number of hydrogen-bond acceptors (Lipinski definition) is 16. The number of esters is 2. The number of aliphatic hydroxyl groups is 1. The predicted octanol–water partition coefficient (Wildman–Crippen LogP) is 2.17. The van der Waals surface area contributed by atoms with Crippen LogP contribution in [0.15, 0.2) is 35.3 Å². The van der Waals surface area contributed by atoms with Gasteiger partial charge in [0.15, 0.2) is 11.9 Å². The highest BCUT2D eigenvalue weighted by Gasteiger charge is 2.63. The van der Waals surface area contributed by atoms with Gasteiger partial charge >= 0.3 is 11.9 Å². The minimum absolute atomic E-state index is 0.00757. The lowest BCUT2D eigenvalue weighted by Crippen LogP contribution is -2.55. The average molecular weight is 773 g/mol. The van der Waals surface area contributed by atoms with E-state index in [1.807, 2.05) is 0 Å². The van der Waals surface area contributed by atoms with Gasteiger partial charge in [-0.1, -0.05) is 17.7 Å². The minimum Gasteiger partial charge on any atom is -0.462 e. The Morgan fingerprint density at radius 3 is 2.39 bits per heavy atom. The molecule has 51 heavy (non-hydrogen) atoms. The summed E-state index contributed by atoms with van der Waals surface area (Å²) >= 11 is 1.31. The molecule has 282 valence electrons. The zero-order valence-electron chi connectivity index (χ0n) is 28.9. The van der Waals surface area contributed by atoms with Crippen molar-refractivity contribution in [1.82, 2.24) is 10.3 Å². The first-order chi connectivity index (χ1) is 24.3. The van der Waals surface area contributed by atoms with Gasteiger partial charge in [0.2, 0.25) is 11.0 Å².